The number of nitrogens with one attached hydrogen (secondary N) is 1. The third-order valence-electron chi connectivity index (χ3n) is 7.61. The molecule has 3 aromatic carbocycles. The quantitative estimate of drug-likeness (QED) is 0.442. The van der Waals surface area contributed by atoms with Crippen molar-refractivity contribution in [3.63, 3.8) is 0 Å². The van der Waals surface area contributed by atoms with E-state index in [4.69, 9.17) is 4.74 Å². The molecule has 2 saturated heterocycles. The number of piperidine rings is 1. The molecule has 0 bridgehead atoms. The predicted octanol–water partition coefficient (Wildman–Crippen LogP) is 5.50. The summed E-state index contributed by atoms with van der Waals surface area (Å²) in [5, 5.41) is 2.95. The molecule has 0 radical (unpaired) electrons. The molecule has 3 amide bonds. The standard InChI is InChI=1S/C32H35N3O4/c1-22-11-13-25(14-12-22)21-35-29(31(37)34-17-15-23(2)16-18-34)30(39-32(35)38)26-9-6-10-27(20-26)33-28(36)19-24-7-4-3-5-8-24/h3-14,20,23,29-30H,15-19,21H2,1-2H3,(H,33,36)/t29-,30-/m0/s1. The number of amides is 3. The summed E-state index contributed by atoms with van der Waals surface area (Å²) in [5.41, 5.74) is 4.26. The smallest absolute Gasteiger partial charge is 0.411 e. The van der Waals surface area contributed by atoms with Crippen LogP contribution in [0.15, 0.2) is 78.9 Å². The van der Waals surface area contributed by atoms with Gasteiger partial charge in [-0.05, 0) is 54.5 Å². The van der Waals surface area contributed by atoms with Crippen LogP contribution >= 0.6 is 0 Å². The van der Waals surface area contributed by atoms with E-state index in [1.54, 1.807) is 17.0 Å². The maximum absolute atomic E-state index is 13.9. The fourth-order valence-corrected chi connectivity index (χ4v) is 5.28. The maximum atomic E-state index is 13.9. The molecule has 5 rings (SSSR count). The number of carbonyl (C=O) groups excluding carboxylic acids is 3. The highest BCUT2D eigenvalue weighted by Crippen LogP contribution is 2.36. The average Bonchev–Trinajstić information content (AvgIpc) is 3.26. The van der Waals surface area contributed by atoms with Gasteiger partial charge >= 0.3 is 6.09 Å². The van der Waals surface area contributed by atoms with E-state index in [0.717, 1.165) is 29.5 Å². The zero-order valence-electron chi connectivity index (χ0n) is 22.5. The molecular formula is C32H35N3O4. The van der Waals surface area contributed by atoms with E-state index in [1.165, 1.54) is 0 Å². The first kappa shape index (κ1) is 26.5. The molecule has 2 heterocycles. The van der Waals surface area contributed by atoms with Gasteiger partial charge in [0.05, 0.1) is 13.0 Å². The van der Waals surface area contributed by atoms with Crippen molar-refractivity contribution in [2.24, 2.45) is 5.92 Å². The van der Waals surface area contributed by atoms with Gasteiger partial charge < -0.3 is 15.0 Å². The molecule has 0 saturated carbocycles. The summed E-state index contributed by atoms with van der Waals surface area (Å²) < 4.78 is 5.88. The van der Waals surface area contributed by atoms with Crippen LogP contribution in [0.2, 0.25) is 0 Å². The molecule has 0 aliphatic carbocycles. The van der Waals surface area contributed by atoms with Crippen molar-refractivity contribution >= 4 is 23.6 Å². The number of aryl methyl sites for hydroxylation is 1. The van der Waals surface area contributed by atoms with E-state index in [-0.39, 0.29) is 24.8 Å². The molecule has 202 valence electrons. The van der Waals surface area contributed by atoms with Crippen LogP contribution in [0.1, 0.15) is 48.1 Å². The fourth-order valence-electron chi connectivity index (χ4n) is 5.28. The number of nitrogens with zero attached hydrogens (tertiary/aromatic N) is 2. The average molecular weight is 526 g/mol. The second-order valence-electron chi connectivity index (χ2n) is 10.7. The predicted molar refractivity (Wildman–Crippen MR) is 150 cm³/mol. The van der Waals surface area contributed by atoms with Crippen molar-refractivity contribution in [2.75, 3.05) is 18.4 Å². The lowest BCUT2D eigenvalue weighted by Crippen LogP contribution is -2.50. The van der Waals surface area contributed by atoms with Gasteiger partial charge in [0.2, 0.25) is 11.8 Å². The van der Waals surface area contributed by atoms with E-state index < -0.39 is 18.2 Å². The fraction of sp³-hybridized carbons (Fsp3) is 0.344. The second-order valence-corrected chi connectivity index (χ2v) is 10.7. The number of carbonyl (C=O) groups is 3. The zero-order chi connectivity index (χ0) is 27.4. The van der Waals surface area contributed by atoms with Gasteiger partial charge in [0.25, 0.3) is 0 Å². The number of likely N-dealkylation sites (tertiary alicyclic amines) is 1. The molecule has 2 fully saturated rings. The van der Waals surface area contributed by atoms with E-state index in [2.05, 4.69) is 12.2 Å². The highest BCUT2D eigenvalue weighted by Gasteiger charge is 2.48. The van der Waals surface area contributed by atoms with Crippen LogP contribution in [0.25, 0.3) is 0 Å². The number of anilines is 1. The van der Waals surface area contributed by atoms with E-state index in [9.17, 15) is 14.4 Å². The highest BCUT2D eigenvalue weighted by molar-refractivity contribution is 5.92. The minimum absolute atomic E-state index is 0.0941. The van der Waals surface area contributed by atoms with Gasteiger partial charge in [-0.25, -0.2) is 4.79 Å². The summed E-state index contributed by atoms with van der Waals surface area (Å²) >= 11 is 0. The molecule has 1 N–H and O–H groups in total. The van der Waals surface area contributed by atoms with Gasteiger partial charge in [0.1, 0.15) is 0 Å². The lowest BCUT2D eigenvalue weighted by Gasteiger charge is -2.34. The molecule has 7 nitrogen and oxygen atoms in total. The van der Waals surface area contributed by atoms with Crippen molar-refractivity contribution in [1.82, 2.24) is 9.80 Å². The number of ether oxygens (including phenoxy) is 1. The molecule has 7 heteroatoms. The Balaban J connectivity index is 1.39. The normalized spacial score (nSPS) is 19.6. The molecule has 2 aliphatic heterocycles. The van der Waals surface area contributed by atoms with Gasteiger partial charge in [0.15, 0.2) is 12.1 Å². The SMILES string of the molecule is Cc1ccc(CN2C(=O)O[C@@H](c3cccc(NC(=O)Cc4ccccc4)c3)[C@H]2C(=O)N2CCC(C)CC2)cc1. The molecule has 3 aromatic rings. The number of rotatable bonds is 7. The molecule has 2 atom stereocenters. The van der Waals surface area contributed by atoms with Gasteiger partial charge in [-0.2, -0.15) is 0 Å². The van der Waals surface area contributed by atoms with Crippen LogP contribution < -0.4 is 5.32 Å². The summed E-state index contributed by atoms with van der Waals surface area (Å²) in [6.45, 7) is 5.84. The first-order valence-electron chi connectivity index (χ1n) is 13.6. The van der Waals surface area contributed by atoms with E-state index in [1.807, 2.05) is 78.6 Å². The highest BCUT2D eigenvalue weighted by atomic mass is 16.6. The Labute approximate surface area is 229 Å². The van der Waals surface area contributed by atoms with Crippen molar-refractivity contribution in [3.8, 4) is 0 Å². The molecule has 39 heavy (non-hydrogen) atoms. The monoisotopic (exact) mass is 525 g/mol. The van der Waals surface area contributed by atoms with Crippen molar-refractivity contribution in [2.45, 2.75) is 51.8 Å². The van der Waals surface area contributed by atoms with Gasteiger partial charge in [-0.15, -0.1) is 0 Å². The first-order valence-corrected chi connectivity index (χ1v) is 13.6. The topological polar surface area (TPSA) is 79.0 Å². The summed E-state index contributed by atoms with van der Waals surface area (Å²) in [5.74, 6) is 0.340. The largest absolute Gasteiger partial charge is 0.438 e. The molecule has 0 unspecified atom stereocenters. The van der Waals surface area contributed by atoms with Crippen LogP contribution in [0.5, 0.6) is 0 Å². The minimum Gasteiger partial charge on any atom is -0.438 e. The number of benzene rings is 3. The summed E-state index contributed by atoms with van der Waals surface area (Å²) in [6, 6.07) is 24.0. The number of hydrogen-bond donors (Lipinski definition) is 1. The summed E-state index contributed by atoms with van der Waals surface area (Å²) in [4.78, 5) is 43.3. The van der Waals surface area contributed by atoms with Crippen LogP contribution in [-0.2, 0) is 27.3 Å². The van der Waals surface area contributed by atoms with Gasteiger partial charge in [0, 0.05) is 18.8 Å². The number of hydrogen-bond acceptors (Lipinski definition) is 4. The van der Waals surface area contributed by atoms with E-state index in [0.29, 0.717) is 30.3 Å². The van der Waals surface area contributed by atoms with Crippen LogP contribution in [0.4, 0.5) is 10.5 Å². The number of cyclic esters (lactones) is 1. The van der Waals surface area contributed by atoms with Crippen LogP contribution in [0.3, 0.4) is 0 Å². The van der Waals surface area contributed by atoms with Crippen molar-refractivity contribution in [3.05, 3.63) is 101 Å². The van der Waals surface area contributed by atoms with Crippen molar-refractivity contribution in [1.29, 1.82) is 0 Å². The molecule has 0 spiro atoms. The Morgan fingerprint density at radius 1 is 0.923 bits per heavy atom. The third-order valence-corrected chi connectivity index (χ3v) is 7.61. The van der Waals surface area contributed by atoms with Gasteiger partial charge in [-0.3, -0.25) is 14.5 Å². The minimum atomic E-state index is -0.789. The molecule has 2 aliphatic rings. The molecule has 0 aromatic heterocycles. The lowest BCUT2D eigenvalue weighted by molar-refractivity contribution is -0.138. The maximum Gasteiger partial charge on any atom is 0.411 e. The summed E-state index contributed by atoms with van der Waals surface area (Å²) in [6.07, 6.45) is 0.850. The molecular weight excluding hydrogens is 490 g/mol. The Kier molecular flexibility index (Phi) is 7.96. The van der Waals surface area contributed by atoms with Crippen LogP contribution in [0, 0.1) is 12.8 Å². The Bertz CT molecular complexity index is 1320. The lowest BCUT2D eigenvalue weighted by atomic mass is 9.96. The zero-order valence-corrected chi connectivity index (χ0v) is 22.5. The second kappa shape index (κ2) is 11.7. The van der Waals surface area contributed by atoms with Crippen LogP contribution in [-0.4, -0.2) is 46.8 Å². The van der Waals surface area contributed by atoms with Crippen molar-refractivity contribution < 1.29 is 19.1 Å². The van der Waals surface area contributed by atoms with E-state index >= 15 is 0 Å². The third kappa shape index (κ3) is 6.30. The Morgan fingerprint density at radius 3 is 2.36 bits per heavy atom. The Hall–Kier alpha value is -4.13. The Morgan fingerprint density at radius 2 is 1.64 bits per heavy atom. The summed E-state index contributed by atoms with van der Waals surface area (Å²) in [7, 11) is 0. The first-order chi connectivity index (χ1) is 18.9. The van der Waals surface area contributed by atoms with Gasteiger partial charge in [-0.1, -0.05) is 79.2 Å².